The summed E-state index contributed by atoms with van der Waals surface area (Å²) >= 11 is 3.27. The molecule has 144 valence electrons. The molecule has 0 radical (unpaired) electrons. The molecule has 0 bridgehead atoms. The Bertz CT molecular complexity index is 807. The van der Waals surface area contributed by atoms with Gasteiger partial charge in [-0.05, 0) is 48.9 Å². The molecule has 0 aromatic heterocycles. The van der Waals surface area contributed by atoms with Gasteiger partial charge in [-0.15, -0.1) is 0 Å². The van der Waals surface area contributed by atoms with Gasteiger partial charge in [-0.25, -0.2) is 4.79 Å². The maximum absolute atomic E-state index is 12.6. The number of carbonyl (C=O) groups excluding carboxylic acids is 1. The van der Waals surface area contributed by atoms with E-state index in [0.717, 1.165) is 4.47 Å². The standard InChI is InChI=1S/C18H15BrF3NO4/c1-10(23-17(26)18(20,21)22)15(11-2-6-13(19)7-3-11)27-14-8-4-12(5-9-14)16(24)25/h2-10,15H,1H3,(H,23,26)(H,24,25)/t10-,15-/m0/s1. The summed E-state index contributed by atoms with van der Waals surface area (Å²) in [5.74, 6) is -2.93. The number of carboxylic acid groups (broad SMARTS) is 1. The SMILES string of the molecule is C[C@H](NC(=O)C(F)(F)F)[C@H](Oc1ccc(C(=O)O)cc1)c1ccc(Br)cc1. The molecule has 2 aromatic rings. The third-order valence-corrected chi connectivity index (χ3v) is 4.16. The van der Waals surface area contributed by atoms with Gasteiger partial charge in [0.25, 0.3) is 0 Å². The van der Waals surface area contributed by atoms with Crippen molar-refractivity contribution in [1.82, 2.24) is 5.32 Å². The second kappa shape index (κ2) is 8.43. The van der Waals surface area contributed by atoms with Gasteiger partial charge in [-0.3, -0.25) is 4.79 Å². The van der Waals surface area contributed by atoms with Crippen molar-refractivity contribution in [2.75, 3.05) is 0 Å². The zero-order valence-electron chi connectivity index (χ0n) is 14.0. The number of alkyl halides is 3. The molecule has 9 heteroatoms. The van der Waals surface area contributed by atoms with E-state index in [9.17, 15) is 22.8 Å². The van der Waals surface area contributed by atoms with Gasteiger partial charge in [0, 0.05) is 4.47 Å². The largest absolute Gasteiger partial charge is 0.484 e. The Morgan fingerprint density at radius 2 is 1.63 bits per heavy atom. The molecule has 2 atom stereocenters. The summed E-state index contributed by atoms with van der Waals surface area (Å²) in [4.78, 5) is 22.2. The smallest absolute Gasteiger partial charge is 0.471 e. The van der Waals surface area contributed by atoms with Crippen LogP contribution in [0.2, 0.25) is 0 Å². The maximum atomic E-state index is 12.6. The van der Waals surface area contributed by atoms with Crippen LogP contribution in [0.5, 0.6) is 5.75 Å². The molecule has 0 saturated carbocycles. The molecule has 0 aliphatic heterocycles. The Morgan fingerprint density at radius 3 is 2.11 bits per heavy atom. The molecular formula is C18H15BrF3NO4. The average molecular weight is 446 g/mol. The van der Waals surface area contributed by atoms with Gasteiger partial charge in [-0.2, -0.15) is 13.2 Å². The first-order valence-electron chi connectivity index (χ1n) is 7.71. The molecule has 0 unspecified atom stereocenters. The monoisotopic (exact) mass is 445 g/mol. The van der Waals surface area contributed by atoms with Crippen molar-refractivity contribution in [2.45, 2.75) is 25.2 Å². The van der Waals surface area contributed by atoms with E-state index in [1.165, 1.54) is 31.2 Å². The van der Waals surface area contributed by atoms with E-state index < -0.39 is 30.2 Å². The highest BCUT2D eigenvalue weighted by Gasteiger charge is 2.40. The van der Waals surface area contributed by atoms with E-state index in [2.05, 4.69) is 15.9 Å². The van der Waals surface area contributed by atoms with Crippen LogP contribution < -0.4 is 10.1 Å². The molecule has 5 nitrogen and oxygen atoms in total. The van der Waals surface area contributed by atoms with Crippen LogP contribution in [0.4, 0.5) is 13.2 Å². The molecule has 0 heterocycles. The van der Waals surface area contributed by atoms with Crippen LogP contribution in [0, 0.1) is 0 Å². The number of amides is 1. The number of halogens is 4. The first-order chi connectivity index (χ1) is 12.6. The Balaban J connectivity index is 2.27. The third-order valence-electron chi connectivity index (χ3n) is 3.63. The summed E-state index contributed by atoms with van der Waals surface area (Å²) < 4.78 is 44.2. The molecule has 0 aliphatic rings. The zero-order chi connectivity index (χ0) is 20.2. The lowest BCUT2D eigenvalue weighted by Crippen LogP contribution is -2.45. The van der Waals surface area contributed by atoms with Crippen molar-refractivity contribution in [2.24, 2.45) is 0 Å². The molecular weight excluding hydrogens is 431 g/mol. The Hall–Kier alpha value is -2.55. The molecule has 2 N–H and O–H groups in total. The van der Waals surface area contributed by atoms with Gasteiger partial charge in [0.1, 0.15) is 11.9 Å². The predicted molar refractivity (Wildman–Crippen MR) is 94.6 cm³/mol. The number of rotatable bonds is 6. The summed E-state index contributed by atoms with van der Waals surface area (Å²) in [6, 6.07) is 11.1. The zero-order valence-corrected chi connectivity index (χ0v) is 15.5. The van der Waals surface area contributed by atoms with Crippen molar-refractivity contribution in [3.05, 3.63) is 64.1 Å². The van der Waals surface area contributed by atoms with Crippen molar-refractivity contribution in [3.63, 3.8) is 0 Å². The molecule has 0 saturated heterocycles. The van der Waals surface area contributed by atoms with E-state index in [1.807, 2.05) is 5.32 Å². The molecule has 0 fully saturated rings. The normalized spacial score (nSPS) is 13.5. The van der Waals surface area contributed by atoms with Gasteiger partial charge < -0.3 is 15.2 Å². The minimum atomic E-state index is -5.01. The third kappa shape index (κ3) is 5.72. The number of hydrogen-bond donors (Lipinski definition) is 2. The quantitative estimate of drug-likeness (QED) is 0.693. The van der Waals surface area contributed by atoms with Gasteiger partial charge in [-0.1, -0.05) is 28.1 Å². The minimum Gasteiger partial charge on any atom is -0.484 e. The van der Waals surface area contributed by atoms with Crippen molar-refractivity contribution < 1.29 is 32.6 Å². The average Bonchev–Trinajstić information content (AvgIpc) is 2.60. The number of benzene rings is 2. The number of aromatic carboxylic acids is 1. The van der Waals surface area contributed by atoms with Gasteiger partial charge in [0.15, 0.2) is 0 Å². The van der Waals surface area contributed by atoms with Crippen LogP contribution in [0.25, 0.3) is 0 Å². The van der Waals surface area contributed by atoms with Crippen LogP contribution in [0.1, 0.15) is 28.9 Å². The fourth-order valence-corrected chi connectivity index (χ4v) is 2.56. The summed E-state index contributed by atoms with van der Waals surface area (Å²) in [6.07, 6.45) is -5.94. The topological polar surface area (TPSA) is 75.6 Å². The lowest BCUT2D eigenvalue weighted by molar-refractivity contribution is -0.174. The van der Waals surface area contributed by atoms with Crippen LogP contribution in [0.3, 0.4) is 0 Å². The lowest BCUT2D eigenvalue weighted by Gasteiger charge is -2.27. The lowest BCUT2D eigenvalue weighted by atomic mass is 10.0. The molecule has 2 rings (SSSR count). The van der Waals surface area contributed by atoms with Crippen molar-refractivity contribution >= 4 is 27.8 Å². The fourth-order valence-electron chi connectivity index (χ4n) is 2.30. The molecule has 2 aromatic carbocycles. The fraction of sp³-hybridized carbons (Fsp3) is 0.222. The Labute approximate surface area is 161 Å². The molecule has 0 aliphatic carbocycles. The second-order valence-corrected chi connectivity index (χ2v) is 6.60. The maximum Gasteiger partial charge on any atom is 0.471 e. The first-order valence-corrected chi connectivity index (χ1v) is 8.50. The summed E-state index contributed by atoms with van der Waals surface area (Å²) in [5, 5.41) is 10.8. The van der Waals surface area contributed by atoms with Crippen LogP contribution in [-0.2, 0) is 4.79 Å². The summed E-state index contributed by atoms with van der Waals surface area (Å²) in [6.45, 7) is 1.39. The number of carboxylic acids is 1. The van der Waals surface area contributed by atoms with E-state index >= 15 is 0 Å². The van der Waals surface area contributed by atoms with Crippen LogP contribution >= 0.6 is 15.9 Å². The van der Waals surface area contributed by atoms with Crippen molar-refractivity contribution in [3.8, 4) is 5.75 Å². The van der Waals surface area contributed by atoms with Gasteiger partial charge >= 0.3 is 18.1 Å². The number of carbonyl (C=O) groups is 2. The van der Waals surface area contributed by atoms with Crippen LogP contribution in [-0.4, -0.2) is 29.2 Å². The van der Waals surface area contributed by atoms with E-state index in [-0.39, 0.29) is 11.3 Å². The molecule has 27 heavy (non-hydrogen) atoms. The highest BCUT2D eigenvalue weighted by Crippen LogP contribution is 2.27. The van der Waals surface area contributed by atoms with Crippen molar-refractivity contribution in [1.29, 1.82) is 0 Å². The number of hydrogen-bond acceptors (Lipinski definition) is 3. The Kier molecular flexibility index (Phi) is 6.48. The number of ether oxygens (including phenoxy) is 1. The highest BCUT2D eigenvalue weighted by molar-refractivity contribution is 9.10. The van der Waals surface area contributed by atoms with Gasteiger partial charge in [0.05, 0.1) is 11.6 Å². The number of nitrogens with one attached hydrogen (secondary N) is 1. The van der Waals surface area contributed by atoms with E-state index in [0.29, 0.717) is 5.56 Å². The van der Waals surface area contributed by atoms with Gasteiger partial charge in [0.2, 0.25) is 0 Å². The molecule has 1 amide bonds. The second-order valence-electron chi connectivity index (χ2n) is 5.68. The predicted octanol–water partition coefficient (Wildman–Crippen LogP) is 4.33. The summed E-state index contributed by atoms with van der Waals surface area (Å²) in [7, 11) is 0. The van der Waals surface area contributed by atoms with E-state index in [1.54, 1.807) is 24.3 Å². The first kappa shape index (κ1) is 20.8. The Morgan fingerprint density at radius 1 is 1.07 bits per heavy atom. The summed E-state index contributed by atoms with van der Waals surface area (Å²) in [5.41, 5.74) is 0.580. The molecule has 0 spiro atoms. The van der Waals surface area contributed by atoms with Crippen LogP contribution in [0.15, 0.2) is 53.0 Å². The highest BCUT2D eigenvalue weighted by atomic mass is 79.9. The minimum absolute atomic E-state index is 0.0426. The van der Waals surface area contributed by atoms with E-state index in [4.69, 9.17) is 9.84 Å².